The minimum atomic E-state index is -0.116. The smallest absolute Gasteiger partial charge is 0.255 e. The van der Waals surface area contributed by atoms with Gasteiger partial charge in [0.05, 0.1) is 11.3 Å². The van der Waals surface area contributed by atoms with Gasteiger partial charge in [-0.15, -0.1) is 0 Å². The van der Waals surface area contributed by atoms with Crippen LogP contribution in [0.15, 0.2) is 48.9 Å². The maximum atomic E-state index is 13.2. The molecule has 1 aliphatic heterocycles. The highest BCUT2D eigenvalue weighted by atomic mass is 16.2. The van der Waals surface area contributed by atoms with Crippen molar-refractivity contribution in [2.24, 2.45) is 7.05 Å². The number of aromatic amines is 1. The van der Waals surface area contributed by atoms with E-state index in [0.29, 0.717) is 24.2 Å². The molecule has 8 nitrogen and oxygen atoms in total. The lowest BCUT2D eigenvalue weighted by atomic mass is 9.73. The number of hydrogen-bond acceptors (Lipinski definition) is 4. The summed E-state index contributed by atoms with van der Waals surface area (Å²) in [5.74, 6) is -0.166. The third-order valence-corrected chi connectivity index (χ3v) is 7.23. The summed E-state index contributed by atoms with van der Waals surface area (Å²) in [4.78, 5) is 35.3. The number of pyridine rings is 1. The van der Waals surface area contributed by atoms with Crippen LogP contribution in [0.25, 0.3) is 22.3 Å². The first kappa shape index (κ1) is 21.6. The molecular weight excluding hydrogens is 440 g/mol. The van der Waals surface area contributed by atoms with E-state index in [4.69, 9.17) is 5.10 Å². The second kappa shape index (κ2) is 7.80. The number of H-pyrrole nitrogens is 1. The zero-order valence-corrected chi connectivity index (χ0v) is 20.1. The number of carbonyl (C=O) groups excluding carboxylic acids is 2. The number of carbonyl (C=O) groups is 2. The Morgan fingerprint density at radius 3 is 2.86 bits per heavy atom. The van der Waals surface area contributed by atoms with E-state index in [1.807, 2.05) is 29.9 Å². The molecule has 2 N–H and O–H groups in total. The van der Waals surface area contributed by atoms with Crippen molar-refractivity contribution < 1.29 is 9.59 Å². The quantitative estimate of drug-likeness (QED) is 0.481. The molecule has 6 rings (SSSR count). The van der Waals surface area contributed by atoms with Crippen molar-refractivity contribution in [1.29, 1.82) is 0 Å². The summed E-state index contributed by atoms with van der Waals surface area (Å²) in [5, 5.41) is 8.89. The number of fused-ring (bicyclic) bond motifs is 5. The van der Waals surface area contributed by atoms with Gasteiger partial charge in [0.2, 0.25) is 0 Å². The number of rotatable bonds is 3. The fourth-order valence-corrected chi connectivity index (χ4v) is 5.66. The fourth-order valence-electron chi connectivity index (χ4n) is 5.66. The minimum Gasteiger partial charge on any atom is -0.353 e. The van der Waals surface area contributed by atoms with Crippen molar-refractivity contribution in [3.63, 3.8) is 0 Å². The van der Waals surface area contributed by atoms with Crippen LogP contribution >= 0.6 is 0 Å². The van der Waals surface area contributed by atoms with Crippen LogP contribution in [0.5, 0.6) is 0 Å². The zero-order chi connectivity index (χ0) is 24.3. The van der Waals surface area contributed by atoms with E-state index in [-0.39, 0.29) is 23.3 Å². The van der Waals surface area contributed by atoms with E-state index >= 15 is 0 Å². The third-order valence-electron chi connectivity index (χ3n) is 7.23. The molecule has 0 spiro atoms. The van der Waals surface area contributed by atoms with Crippen LogP contribution in [0.1, 0.15) is 52.1 Å². The van der Waals surface area contributed by atoms with Gasteiger partial charge >= 0.3 is 0 Å². The van der Waals surface area contributed by atoms with Crippen molar-refractivity contribution in [3.05, 3.63) is 71.2 Å². The van der Waals surface area contributed by atoms with Gasteiger partial charge in [-0.3, -0.25) is 19.3 Å². The monoisotopic (exact) mass is 468 g/mol. The Morgan fingerprint density at radius 1 is 1.20 bits per heavy atom. The zero-order valence-electron chi connectivity index (χ0n) is 20.1. The van der Waals surface area contributed by atoms with Crippen molar-refractivity contribution in [2.75, 3.05) is 13.1 Å². The second-order valence-electron chi connectivity index (χ2n) is 10.3. The number of nitrogens with one attached hydrogen (secondary N) is 2. The molecule has 1 saturated heterocycles. The number of aryl methyl sites for hydroxylation is 1. The number of aromatic nitrogens is 4. The van der Waals surface area contributed by atoms with Crippen LogP contribution in [0, 0.1) is 0 Å². The lowest BCUT2D eigenvalue weighted by Crippen LogP contribution is -2.38. The average molecular weight is 469 g/mol. The number of nitrogens with zero attached hydrogens (tertiary/aromatic N) is 4. The summed E-state index contributed by atoms with van der Waals surface area (Å²) in [6.45, 7) is 5.60. The van der Waals surface area contributed by atoms with Crippen LogP contribution in [-0.4, -0.2) is 55.6 Å². The predicted octanol–water partition coefficient (Wildman–Crippen LogP) is 3.44. The van der Waals surface area contributed by atoms with Gasteiger partial charge in [0.25, 0.3) is 11.8 Å². The fraction of sp³-hybridized carbons (Fsp3) is 0.333. The van der Waals surface area contributed by atoms with E-state index < -0.39 is 0 Å². The maximum Gasteiger partial charge on any atom is 0.255 e. The lowest BCUT2D eigenvalue weighted by molar-refractivity contribution is 0.0782. The molecule has 2 amide bonds. The van der Waals surface area contributed by atoms with Gasteiger partial charge in [-0.05, 0) is 54.2 Å². The molecule has 1 fully saturated rings. The molecule has 0 saturated carbocycles. The maximum absolute atomic E-state index is 13.2. The van der Waals surface area contributed by atoms with Gasteiger partial charge < -0.3 is 15.2 Å². The number of amides is 2. The van der Waals surface area contributed by atoms with Gasteiger partial charge in [0, 0.05) is 66.8 Å². The molecule has 35 heavy (non-hydrogen) atoms. The molecule has 1 atom stereocenters. The van der Waals surface area contributed by atoms with Crippen molar-refractivity contribution in [3.8, 4) is 11.4 Å². The van der Waals surface area contributed by atoms with Crippen molar-refractivity contribution in [2.45, 2.75) is 38.1 Å². The summed E-state index contributed by atoms with van der Waals surface area (Å²) >= 11 is 0. The number of benzene rings is 1. The standard InChI is InChI=1S/C27H28N6O2/c1-27(2)12-18-14-32(3)31-23(18)24-22(27)20-11-16(6-7-21(20)30-24)25(34)29-19-8-10-33(15-19)26(35)17-5-4-9-28-13-17/h4-7,9,11,13-14,19,30H,8,10,12,15H2,1-3H3,(H,29,34). The molecule has 8 heteroatoms. The molecule has 1 aromatic carbocycles. The van der Waals surface area contributed by atoms with Crippen LogP contribution in [-0.2, 0) is 18.9 Å². The highest BCUT2D eigenvalue weighted by molar-refractivity contribution is 6.01. The Kier molecular flexibility index (Phi) is 4.81. The van der Waals surface area contributed by atoms with Crippen molar-refractivity contribution >= 4 is 22.7 Å². The molecule has 2 aliphatic rings. The molecule has 4 aromatic rings. The molecular formula is C27H28N6O2. The largest absolute Gasteiger partial charge is 0.353 e. The molecule has 178 valence electrons. The van der Waals surface area contributed by atoms with E-state index in [1.165, 1.54) is 11.1 Å². The summed E-state index contributed by atoms with van der Waals surface area (Å²) in [6.07, 6.45) is 6.95. The Balaban J connectivity index is 1.24. The van der Waals surface area contributed by atoms with Gasteiger partial charge in [-0.1, -0.05) is 13.8 Å². The summed E-state index contributed by atoms with van der Waals surface area (Å²) in [6, 6.07) is 9.28. The SMILES string of the molecule is Cn1cc2c(n1)-c1[nH]c3ccc(C(=O)NC4CCN(C(=O)c5cccnc5)C4)cc3c1C(C)(C)C2. The van der Waals surface area contributed by atoms with E-state index in [2.05, 4.69) is 35.3 Å². The minimum absolute atomic E-state index is 0.0497. The van der Waals surface area contributed by atoms with E-state index in [0.717, 1.165) is 35.1 Å². The first-order chi connectivity index (χ1) is 16.8. The summed E-state index contributed by atoms with van der Waals surface area (Å²) in [7, 11) is 1.95. The summed E-state index contributed by atoms with van der Waals surface area (Å²) < 4.78 is 1.87. The van der Waals surface area contributed by atoms with Crippen LogP contribution in [0.3, 0.4) is 0 Å². The normalized spacial score (nSPS) is 18.4. The number of likely N-dealkylation sites (tertiary alicyclic amines) is 1. The van der Waals surface area contributed by atoms with Crippen LogP contribution in [0.2, 0.25) is 0 Å². The Labute approximate surface area is 203 Å². The van der Waals surface area contributed by atoms with Gasteiger partial charge in [-0.2, -0.15) is 5.10 Å². The van der Waals surface area contributed by atoms with E-state index in [9.17, 15) is 9.59 Å². The Bertz CT molecular complexity index is 1470. The highest BCUT2D eigenvalue weighted by Crippen LogP contribution is 2.45. The Hall–Kier alpha value is -3.94. The first-order valence-corrected chi connectivity index (χ1v) is 12.0. The molecule has 0 radical (unpaired) electrons. The van der Waals surface area contributed by atoms with Gasteiger partial charge in [-0.25, -0.2) is 0 Å². The number of hydrogen-bond donors (Lipinski definition) is 2. The van der Waals surface area contributed by atoms with Gasteiger partial charge in [0.15, 0.2) is 0 Å². The van der Waals surface area contributed by atoms with E-state index in [1.54, 1.807) is 29.4 Å². The molecule has 1 aliphatic carbocycles. The third kappa shape index (κ3) is 3.60. The van der Waals surface area contributed by atoms with Crippen LogP contribution < -0.4 is 5.32 Å². The predicted molar refractivity (Wildman–Crippen MR) is 133 cm³/mol. The summed E-state index contributed by atoms with van der Waals surface area (Å²) in [5.41, 5.74) is 6.60. The van der Waals surface area contributed by atoms with Gasteiger partial charge in [0.1, 0.15) is 5.69 Å². The molecule has 1 unspecified atom stereocenters. The van der Waals surface area contributed by atoms with Crippen LogP contribution in [0.4, 0.5) is 0 Å². The van der Waals surface area contributed by atoms with Crippen molar-refractivity contribution in [1.82, 2.24) is 30.0 Å². The molecule has 3 aromatic heterocycles. The lowest BCUT2D eigenvalue weighted by Gasteiger charge is -2.29. The first-order valence-electron chi connectivity index (χ1n) is 12.0. The topological polar surface area (TPSA) is 95.9 Å². The molecule has 4 heterocycles. The highest BCUT2D eigenvalue weighted by Gasteiger charge is 2.36. The molecule has 0 bridgehead atoms. The second-order valence-corrected chi connectivity index (χ2v) is 10.3. The Morgan fingerprint density at radius 2 is 2.06 bits per heavy atom. The average Bonchev–Trinajstić information content (AvgIpc) is 3.55.